The molecule has 6 N–H and O–H groups in total. The number of anilines is 2. The van der Waals surface area contributed by atoms with Crippen molar-refractivity contribution in [2.75, 3.05) is 17.2 Å². The van der Waals surface area contributed by atoms with Crippen LogP contribution in [-0.4, -0.2) is 71.8 Å². The summed E-state index contributed by atoms with van der Waals surface area (Å²) in [5, 5.41) is 43.8. The van der Waals surface area contributed by atoms with Gasteiger partial charge in [-0.25, -0.2) is 15.2 Å². The molecule has 190 valence electrons. The molecule has 2 amide bonds. The first kappa shape index (κ1) is 24.0. The van der Waals surface area contributed by atoms with Gasteiger partial charge in [0.25, 0.3) is 5.95 Å². The lowest BCUT2D eigenvalue weighted by molar-refractivity contribution is -0.0511. The quantitative estimate of drug-likeness (QED) is 0.208. The Morgan fingerprint density at radius 2 is 1.92 bits per heavy atom. The first-order chi connectivity index (χ1) is 17.5. The van der Waals surface area contributed by atoms with Gasteiger partial charge in [0, 0.05) is 11.7 Å². The maximum Gasteiger partial charge on any atom is 0.341 e. The summed E-state index contributed by atoms with van der Waals surface area (Å²) >= 11 is 0. The van der Waals surface area contributed by atoms with Crippen LogP contribution in [0.25, 0.3) is 11.2 Å². The smallest absolute Gasteiger partial charge is 0.341 e. The number of nitrogens with one attached hydrogen (secondary N) is 3. The summed E-state index contributed by atoms with van der Waals surface area (Å²) in [4.78, 5) is 25.3. The molecular formula is C22H27N9O5. The third-order valence-corrected chi connectivity index (χ3v) is 6.22. The number of rotatable bonds is 7. The second-order valence-electron chi connectivity index (χ2n) is 8.68. The zero-order chi connectivity index (χ0) is 25.1. The highest BCUT2D eigenvalue weighted by Crippen LogP contribution is 2.33. The molecule has 1 aliphatic heterocycles. The van der Waals surface area contributed by atoms with Crippen LogP contribution in [0.3, 0.4) is 0 Å². The van der Waals surface area contributed by atoms with Crippen LogP contribution in [0.4, 0.5) is 22.2 Å². The van der Waals surface area contributed by atoms with Crippen LogP contribution in [0, 0.1) is 0 Å². The van der Waals surface area contributed by atoms with Crippen LogP contribution >= 0.6 is 0 Å². The van der Waals surface area contributed by atoms with Crippen molar-refractivity contribution < 1.29 is 24.9 Å². The fourth-order valence-corrected chi connectivity index (χ4v) is 4.41. The zero-order valence-corrected chi connectivity index (χ0v) is 19.2. The van der Waals surface area contributed by atoms with E-state index in [1.54, 1.807) is 24.3 Å². The molecule has 36 heavy (non-hydrogen) atoms. The monoisotopic (exact) mass is 497 g/mol. The maximum absolute atomic E-state index is 12.1. The highest BCUT2D eigenvalue weighted by atomic mass is 16.6. The van der Waals surface area contributed by atoms with Crippen molar-refractivity contribution in [2.45, 2.75) is 56.3 Å². The average Bonchev–Trinajstić information content (AvgIpc) is 3.60. The number of imidazole rings is 1. The van der Waals surface area contributed by atoms with Crippen molar-refractivity contribution in [1.29, 1.82) is 0 Å². The molecule has 1 aromatic carbocycles. The van der Waals surface area contributed by atoms with E-state index in [9.17, 15) is 20.1 Å². The lowest BCUT2D eigenvalue weighted by atomic mass is 10.1. The first-order valence-electron chi connectivity index (χ1n) is 11.7. The van der Waals surface area contributed by atoms with Gasteiger partial charge in [-0.3, -0.25) is 4.57 Å². The standard InChI is InChI=1S/C22H27N9O5/c32-10-14-16(33)17(34)20(36-14)31-11-23-15-18(24-12-8-4-5-9-12)26-21(27-19(15)31)28-30-29-22(35)25-13-6-2-1-3-7-13/h1-3,6-7,11-12,14,16-17,20,32-34H,4-5,8-10H2,(H3,24,25,26,27,28,29,35)/t14-,16?,17?,20-/m1/s1. The molecular weight excluding hydrogens is 470 g/mol. The number of amides is 2. The molecule has 2 unspecified atom stereocenters. The number of carbonyl (C=O) groups excluding carboxylic acids is 1. The van der Waals surface area contributed by atoms with Gasteiger partial charge in [0.1, 0.15) is 18.3 Å². The Morgan fingerprint density at radius 1 is 1.14 bits per heavy atom. The van der Waals surface area contributed by atoms with Gasteiger partial charge in [0.15, 0.2) is 23.2 Å². The van der Waals surface area contributed by atoms with Crippen molar-refractivity contribution in [3.8, 4) is 0 Å². The lowest BCUT2D eigenvalue weighted by Gasteiger charge is -2.17. The normalized spacial score (nSPS) is 24.5. The zero-order valence-electron chi connectivity index (χ0n) is 19.2. The average molecular weight is 498 g/mol. The Morgan fingerprint density at radius 3 is 2.64 bits per heavy atom. The van der Waals surface area contributed by atoms with Crippen molar-refractivity contribution in [2.24, 2.45) is 10.3 Å². The van der Waals surface area contributed by atoms with Crippen molar-refractivity contribution >= 4 is 34.6 Å². The van der Waals surface area contributed by atoms with Crippen molar-refractivity contribution in [3.63, 3.8) is 0 Å². The number of fused-ring (bicyclic) bond motifs is 1. The largest absolute Gasteiger partial charge is 0.394 e. The molecule has 0 radical (unpaired) electrons. The molecule has 5 rings (SSSR count). The van der Waals surface area contributed by atoms with E-state index in [1.165, 1.54) is 10.9 Å². The summed E-state index contributed by atoms with van der Waals surface area (Å²) in [5.41, 5.74) is 3.57. The summed E-state index contributed by atoms with van der Waals surface area (Å²) in [6.45, 7) is -0.457. The highest BCUT2D eigenvalue weighted by molar-refractivity contribution is 5.88. The number of aliphatic hydroxyl groups is 3. The molecule has 2 aliphatic rings. The fourth-order valence-electron chi connectivity index (χ4n) is 4.41. The summed E-state index contributed by atoms with van der Waals surface area (Å²) in [5.74, 6) is 0.372. The topological polar surface area (TPSA) is 191 Å². The number of aliphatic hydroxyl groups excluding tert-OH is 3. The van der Waals surface area contributed by atoms with Gasteiger partial charge in [-0.2, -0.15) is 9.97 Å². The van der Waals surface area contributed by atoms with Gasteiger partial charge in [-0.05, 0) is 25.0 Å². The number of nitrogens with zero attached hydrogens (tertiary/aromatic N) is 6. The predicted octanol–water partition coefficient (Wildman–Crippen LogP) is 1.61. The SMILES string of the molecule is O=C(NN=Nc1nc(NC2CCCC2)c2ncn([C@@H]3O[C@H](CO)C(O)C3O)c2n1)Nc1ccccc1. The van der Waals surface area contributed by atoms with Gasteiger partial charge in [-0.15, -0.1) is 0 Å². The van der Waals surface area contributed by atoms with Crippen LogP contribution in [-0.2, 0) is 4.74 Å². The molecule has 14 heteroatoms. The third-order valence-electron chi connectivity index (χ3n) is 6.22. The summed E-state index contributed by atoms with van der Waals surface area (Å²) < 4.78 is 7.10. The van der Waals surface area contributed by atoms with E-state index in [4.69, 9.17) is 4.74 Å². The molecule has 2 aromatic heterocycles. The molecule has 1 saturated heterocycles. The molecule has 1 aliphatic carbocycles. The minimum atomic E-state index is -1.31. The van der Waals surface area contributed by atoms with Crippen LogP contribution in [0.1, 0.15) is 31.9 Å². The minimum absolute atomic E-state index is 0.0588. The van der Waals surface area contributed by atoms with Crippen LogP contribution < -0.4 is 16.1 Å². The Balaban J connectivity index is 1.41. The fraction of sp³-hybridized carbons (Fsp3) is 0.455. The number of urea groups is 1. The number of ether oxygens (including phenoxy) is 1. The maximum atomic E-state index is 12.1. The van der Waals surface area contributed by atoms with Crippen molar-refractivity contribution in [1.82, 2.24) is 24.9 Å². The highest BCUT2D eigenvalue weighted by Gasteiger charge is 2.44. The third kappa shape index (κ3) is 4.97. The number of aromatic nitrogens is 4. The van der Waals surface area contributed by atoms with Crippen LogP contribution in [0.5, 0.6) is 0 Å². The van der Waals surface area contributed by atoms with Crippen LogP contribution in [0.2, 0.25) is 0 Å². The number of hydrogen-bond donors (Lipinski definition) is 6. The van der Waals surface area contributed by atoms with E-state index in [0.717, 1.165) is 25.7 Å². The summed E-state index contributed by atoms with van der Waals surface area (Å²) in [6.07, 6.45) is 1.04. The van der Waals surface area contributed by atoms with Gasteiger partial charge in [0.05, 0.1) is 12.9 Å². The van der Waals surface area contributed by atoms with E-state index in [2.05, 4.69) is 41.3 Å². The lowest BCUT2D eigenvalue weighted by Crippen LogP contribution is -2.33. The number of benzene rings is 1. The minimum Gasteiger partial charge on any atom is -0.394 e. The molecule has 0 spiro atoms. The Kier molecular flexibility index (Phi) is 6.99. The molecule has 2 fully saturated rings. The molecule has 14 nitrogen and oxygen atoms in total. The molecule has 3 aromatic rings. The number of hydrogen-bond acceptors (Lipinski definition) is 11. The molecule has 0 bridgehead atoms. The molecule has 4 atom stereocenters. The van der Waals surface area contributed by atoms with E-state index < -0.39 is 37.2 Å². The van der Waals surface area contributed by atoms with Crippen molar-refractivity contribution in [3.05, 3.63) is 36.7 Å². The Labute approximate surface area is 205 Å². The Bertz CT molecular complexity index is 1230. The van der Waals surface area contributed by atoms with Crippen LogP contribution in [0.15, 0.2) is 47.0 Å². The molecule has 1 saturated carbocycles. The van der Waals surface area contributed by atoms with E-state index in [1.807, 2.05) is 6.07 Å². The number of carbonyl (C=O) groups is 1. The van der Waals surface area contributed by atoms with Gasteiger partial charge in [-0.1, -0.05) is 41.4 Å². The van der Waals surface area contributed by atoms with E-state index >= 15 is 0 Å². The van der Waals surface area contributed by atoms with Gasteiger partial charge < -0.3 is 30.7 Å². The molecule has 3 heterocycles. The second kappa shape index (κ2) is 10.5. The Hall–Kier alpha value is -3.72. The van der Waals surface area contributed by atoms with E-state index in [-0.39, 0.29) is 17.6 Å². The van der Waals surface area contributed by atoms with Gasteiger partial charge in [0.2, 0.25) is 0 Å². The van der Waals surface area contributed by atoms with Gasteiger partial charge >= 0.3 is 6.03 Å². The summed E-state index contributed by atoms with van der Waals surface area (Å²) in [7, 11) is 0. The number of para-hydroxylation sites is 1. The first-order valence-corrected chi connectivity index (χ1v) is 11.7. The predicted molar refractivity (Wildman–Crippen MR) is 127 cm³/mol. The summed E-state index contributed by atoms with van der Waals surface area (Å²) in [6, 6.07) is 8.48. The van der Waals surface area contributed by atoms with E-state index in [0.29, 0.717) is 17.0 Å². The second-order valence-corrected chi connectivity index (χ2v) is 8.68.